The van der Waals surface area contributed by atoms with Crippen LogP contribution in [0.4, 0.5) is 0 Å². The van der Waals surface area contributed by atoms with Crippen LogP contribution in [0.3, 0.4) is 0 Å². The number of aryl methyl sites for hydroxylation is 1. The highest BCUT2D eigenvalue weighted by atomic mass is 16.5. The van der Waals surface area contributed by atoms with Gasteiger partial charge in [-0.3, -0.25) is 4.79 Å². The van der Waals surface area contributed by atoms with Crippen LogP contribution in [0.1, 0.15) is 35.7 Å². The molecule has 0 radical (unpaired) electrons. The fourth-order valence-electron chi connectivity index (χ4n) is 4.82. The van der Waals surface area contributed by atoms with E-state index in [0.717, 1.165) is 47.8 Å². The van der Waals surface area contributed by atoms with E-state index in [-0.39, 0.29) is 11.9 Å². The zero-order valence-corrected chi connectivity index (χ0v) is 17.3. The van der Waals surface area contributed by atoms with Crippen LogP contribution in [0.25, 0.3) is 21.8 Å². The van der Waals surface area contributed by atoms with Gasteiger partial charge in [-0.05, 0) is 42.5 Å². The second-order valence-corrected chi connectivity index (χ2v) is 8.11. The molecular formula is C25H27N3O2. The van der Waals surface area contributed by atoms with E-state index < -0.39 is 0 Å². The number of hydrogen-bond donors (Lipinski definition) is 2. The molecule has 0 bridgehead atoms. The third-order valence-corrected chi connectivity index (χ3v) is 6.21. The van der Waals surface area contributed by atoms with Gasteiger partial charge in [0.1, 0.15) is 0 Å². The molecule has 0 unspecified atom stereocenters. The van der Waals surface area contributed by atoms with Gasteiger partial charge in [0.25, 0.3) is 0 Å². The third kappa shape index (κ3) is 3.39. The molecule has 2 heterocycles. The Morgan fingerprint density at radius 1 is 1.17 bits per heavy atom. The number of aromatic amines is 1. The first-order valence-electron chi connectivity index (χ1n) is 10.7. The zero-order valence-electron chi connectivity index (χ0n) is 17.3. The highest BCUT2D eigenvalue weighted by Gasteiger charge is 2.25. The number of carbonyl (C=O) groups is 1. The first-order valence-corrected chi connectivity index (χ1v) is 10.7. The number of nitrogens with one attached hydrogen (secondary N) is 2. The molecule has 5 rings (SSSR count). The number of aromatic nitrogens is 2. The molecule has 2 aromatic heterocycles. The minimum atomic E-state index is 0.0514. The molecule has 4 aromatic rings. The number of para-hydroxylation sites is 2. The molecule has 154 valence electrons. The molecule has 0 saturated heterocycles. The Morgan fingerprint density at radius 2 is 1.97 bits per heavy atom. The summed E-state index contributed by atoms with van der Waals surface area (Å²) in [7, 11) is 1.71. The van der Waals surface area contributed by atoms with Crippen molar-refractivity contribution in [1.82, 2.24) is 14.9 Å². The predicted octanol–water partition coefficient (Wildman–Crippen LogP) is 4.51. The Morgan fingerprint density at radius 3 is 2.83 bits per heavy atom. The molecule has 1 amide bonds. The number of hydrogen-bond acceptors (Lipinski definition) is 2. The van der Waals surface area contributed by atoms with Gasteiger partial charge >= 0.3 is 0 Å². The van der Waals surface area contributed by atoms with Gasteiger partial charge in [-0.2, -0.15) is 0 Å². The van der Waals surface area contributed by atoms with Crippen LogP contribution < -0.4 is 5.32 Å². The molecule has 2 N–H and O–H groups in total. The highest BCUT2D eigenvalue weighted by Crippen LogP contribution is 2.34. The number of amides is 1. The van der Waals surface area contributed by atoms with Crippen molar-refractivity contribution >= 4 is 27.7 Å². The second-order valence-electron chi connectivity index (χ2n) is 8.11. The highest BCUT2D eigenvalue weighted by molar-refractivity contribution is 5.90. The predicted molar refractivity (Wildman–Crippen MR) is 120 cm³/mol. The van der Waals surface area contributed by atoms with Crippen LogP contribution in [-0.4, -0.2) is 29.2 Å². The van der Waals surface area contributed by atoms with E-state index in [0.29, 0.717) is 13.0 Å². The number of ether oxygens (including phenoxy) is 1. The monoisotopic (exact) mass is 401 g/mol. The van der Waals surface area contributed by atoms with Crippen LogP contribution in [-0.2, 0) is 28.9 Å². The minimum absolute atomic E-state index is 0.0514. The van der Waals surface area contributed by atoms with E-state index in [4.69, 9.17) is 4.74 Å². The van der Waals surface area contributed by atoms with E-state index in [9.17, 15) is 4.79 Å². The molecule has 1 atom stereocenters. The first kappa shape index (κ1) is 18.9. The van der Waals surface area contributed by atoms with E-state index >= 15 is 0 Å². The quantitative estimate of drug-likeness (QED) is 0.500. The SMILES string of the molecule is COCCn1cc(CC(=O)N[C@@H]2CCCc3c2[nH]c2ccccc32)c2ccccc21. The van der Waals surface area contributed by atoms with Crippen LogP contribution in [0.5, 0.6) is 0 Å². The Balaban J connectivity index is 1.38. The summed E-state index contributed by atoms with van der Waals surface area (Å²) in [5.41, 5.74) is 5.90. The van der Waals surface area contributed by atoms with Crippen LogP contribution in [0.2, 0.25) is 0 Å². The van der Waals surface area contributed by atoms with E-state index in [2.05, 4.69) is 57.5 Å². The molecule has 0 aliphatic heterocycles. The lowest BCUT2D eigenvalue weighted by Gasteiger charge is -2.24. The van der Waals surface area contributed by atoms with E-state index in [1.54, 1.807) is 7.11 Å². The molecule has 2 aromatic carbocycles. The van der Waals surface area contributed by atoms with Crippen molar-refractivity contribution in [3.63, 3.8) is 0 Å². The van der Waals surface area contributed by atoms with Crippen molar-refractivity contribution in [3.8, 4) is 0 Å². The van der Waals surface area contributed by atoms with Gasteiger partial charge in [-0.15, -0.1) is 0 Å². The fraction of sp³-hybridized carbons (Fsp3) is 0.320. The second kappa shape index (κ2) is 8.00. The number of benzene rings is 2. The van der Waals surface area contributed by atoms with Crippen molar-refractivity contribution in [2.75, 3.05) is 13.7 Å². The Bertz CT molecular complexity index is 1200. The Hall–Kier alpha value is -3.05. The molecule has 0 fully saturated rings. The molecule has 30 heavy (non-hydrogen) atoms. The van der Waals surface area contributed by atoms with Crippen LogP contribution in [0.15, 0.2) is 54.7 Å². The summed E-state index contributed by atoms with van der Waals surface area (Å²) >= 11 is 0. The minimum Gasteiger partial charge on any atom is -0.383 e. The molecule has 1 aliphatic rings. The number of carbonyl (C=O) groups excluding carboxylic acids is 1. The number of H-pyrrole nitrogens is 1. The maximum absolute atomic E-state index is 13.0. The van der Waals surface area contributed by atoms with Crippen molar-refractivity contribution in [1.29, 1.82) is 0 Å². The summed E-state index contributed by atoms with van der Waals surface area (Å²) in [5.74, 6) is 0.0705. The number of rotatable bonds is 6. The van der Waals surface area contributed by atoms with Crippen molar-refractivity contribution < 1.29 is 9.53 Å². The number of methoxy groups -OCH3 is 1. The lowest BCUT2D eigenvalue weighted by molar-refractivity contribution is -0.121. The lowest BCUT2D eigenvalue weighted by atomic mass is 9.91. The summed E-state index contributed by atoms with van der Waals surface area (Å²) in [6.45, 7) is 1.43. The smallest absolute Gasteiger partial charge is 0.225 e. The van der Waals surface area contributed by atoms with Crippen molar-refractivity contribution in [2.45, 2.75) is 38.3 Å². The molecule has 1 aliphatic carbocycles. The van der Waals surface area contributed by atoms with Gasteiger partial charge in [0.2, 0.25) is 5.91 Å². The van der Waals surface area contributed by atoms with E-state index in [1.807, 2.05) is 12.1 Å². The van der Waals surface area contributed by atoms with Gasteiger partial charge in [-0.1, -0.05) is 36.4 Å². The van der Waals surface area contributed by atoms with Gasteiger partial charge in [0, 0.05) is 47.4 Å². The van der Waals surface area contributed by atoms with Gasteiger partial charge in [0.05, 0.1) is 19.1 Å². The van der Waals surface area contributed by atoms with Gasteiger partial charge in [-0.25, -0.2) is 0 Å². The number of fused-ring (bicyclic) bond motifs is 4. The Labute approximate surface area is 176 Å². The van der Waals surface area contributed by atoms with E-state index in [1.165, 1.54) is 16.6 Å². The van der Waals surface area contributed by atoms with Crippen LogP contribution in [0, 0.1) is 0 Å². The molecule has 5 nitrogen and oxygen atoms in total. The summed E-state index contributed by atoms with van der Waals surface area (Å²) in [4.78, 5) is 16.6. The normalized spacial score (nSPS) is 16.1. The first-order chi connectivity index (χ1) is 14.7. The topological polar surface area (TPSA) is 59.0 Å². The molecular weight excluding hydrogens is 374 g/mol. The maximum Gasteiger partial charge on any atom is 0.225 e. The zero-order chi connectivity index (χ0) is 20.5. The average molecular weight is 402 g/mol. The average Bonchev–Trinajstić information content (AvgIpc) is 3.32. The maximum atomic E-state index is 13.0. The number of nitrogens with zero attached hydrogens (tertiary/aromatic N) is 1. The van der Waals surface area contributed by atoms with Gasteiger partial charge in [0.15, 0.2) is 0 Å². The van der Waals surface area contributed by atoms with Crippen LogP contribution >= 0.6 is 0 Å². The molecule has 0 spiro atoms. The fourth-order valence-corrected chi connectivity index (χ4v) is 4.82. The summed E-state index contributed by atoms with van der Waals surface area (Å²) in [6.07, 6.45) is 5.61. The molecule has 0 saturated carbocycles. The standard InChI is InChI=1S/C25H27N3O2/c1-30-14-13-28-16-17(18-7-3-5-12-23(18)28)15-24(29)26-22-11-6-9-20-19-8-2-4-10-21(19)27-25(20)22/h2-5,7-8,10,12,16,22,27H,6,9,11,13-15H2,1H3,(H,26,29)/t22-/m1/s1. The third-order valence-electron chi connectivity index (χ3n) is 6.21. The Kier molecular flexibility index (Phi) is 5.05. The van der Waals surface area contributed by atoms with Gasteiger partial charge < -0.3 is 19.6 Å². The summed E-state index contributed by atoms with van der Waals surface area (Å²) < 4.78 is 7.42. The van der Waals surface area contributed by atoms with Crippen molar-refractivity contribution in [2.24, 2.45) is 0 Å². The van der Waals surface area contributed by atoms with Crippen molar-refractivity contribution in [3.05, 3.63) is 71.5 Å². The lowest BCUT2D eigenvalue weighted by Crippen LogP contribution is -2.32. The summed E-state index contributed by atoms with van der Waals surface area (Å²) in [6, 6.07) is 16.7. The molecule has 5 heteroatoms. The summed E-state index contributed by atoms with van der Waals surface area (Å²) in [5, 5.41) is 5.72. The largest absolute Gasteiger partial charge is 0.383 e.